The molecule has 2 aromatic heterocycles. The second-order valence-corrected chi connectivity index (χ2v) is 6.36. The van der Waals surface area contributed by atoms with Gasteiger partial charge in [0.25, 0.3) is 0 Å². The minimum Gasteiger partial charge on any atom is -0.325 e. The van der Waals surface area contributed by atoms with E-state index in [1.807, 2.05) is 30.5 Å². The predicted molar refractivity (Wildman–Crippen MR) is 93.9 cm³/mol. The molecule has 0 aliphatic heterocycles. The fraction of sp³-hybridized carbons (Fsp3) is 0.118. The molecule has 0 bridgehead atoms. The van der Waals surface area contributed by atoms with E-state index in [0.717, 1.165) is 27.5 Å². The Balaban J connectivity index is 1.69. The number of nitrogens with one attached hydrogen (secondary N) is 1. The average Bonchev–Trinajstić information content (AvgIpc) is 3.00. The minimum absolute atomic E-state index is 0.113. The van der Waals surface area contributed by atoms with Crippen LogP contribution >= 0.6 is 22.9 Å². The molecule has 23 heavy (non-hydrogen) atoms. The van der Waals surface area contributed by atoms with Gasteiger partial charge >= 0.3 is 0 Å². The summed E-state index contributed by atoms with van der Waals surface area (Å²) in [4.78, 5) is 20.8. The lowest BCUT2D eigenvalue weighted by Gasteiger charge is -2.08. The highest BCUT2D eigenvalue weighted by molar-refractivity contribution is 7.13. The second-order valence-electron chi connectivity index (χ2n) is 5.07. The third kappa shape index (κ3) is 3.94. The third-order valence-electron chi connectivity index (χ3n) is 3.28. The van der Waals surface area contributed by atoms with Gasteiger partial charge in [0.1, 0.15) is 5.01 Å². The number of thiazole rings is 1. The van der Waals surface area contributed by atoms with Crippen LogP contribution in [0.4, 0.5) is 5.69 Å². The monoisotopic (exact) mass is 343 g/mol. The van der Waals surface area contributed by atoms with Crippen LogP contribution < -0.4 is 5.32 Å². The van der Waals surface area contributed by atoms with Crippen LogP contribution in [0.3, 0.4) is 0 Å². The number of amides is 1. The zero-order chi connectivity index (χ0) is 16.2. The predicted octanol–water partition coefficient (Wildman–Crippen LogP) is 4.35. The first-order valence-corrected chi connectivity index (χ1v) is 8.28. The van der Waals surface area contributed by atoms with Crippen molar-refractivity contribution in [3.8, 4) is 10.6 Å². The number of aryl methyl sites for hydroxylation is 1. The number of anilines is 1. The Morgan fingerprint density at radius 1 is 1.35 bits per heavy atom. The molecule has 0 fully saturated rings. The van der Waals surface area contributed by atoms with Gasteiger partial charge in [0.2, 0.25) is 5.91 Å². The van der Waals surface area contributed by atoms with E-state index >= 15 is 0 Å². The zero-order valence-corrected chi connectivity index (χ0v) is 14.0. The van der Waals surface area contributed by atoms with Crippen molar-refractivity contribution in [3.05, 3.63) is 64.4 Å². The number of carbonyl (C=O) groups is 1. The van der Waals surface area contributed by atoms with Gasteiger partial charge in [0, 0.05) is 34.0 Å². The van der Waals surface area contributed by atoms with Crippen LogP contribution in [0, 0.1) is 6.92 Å². The first-order chi connectivity index (χ1) is 11.1. The third-order valence-corrected chi connectivity index (χ3v) is 4.45. The number of aromatic nitrogens is 2. The quantitative estimate of drug-likeness (QED) is 0.766. The van der Waals surface area contributed by atoms with Crippen molar-refractivity contribution >= 4 is 34.5 Å². The summed E-state index contributed by atoms with van der Waals surface area (Å²) in [6, 6.07) is 9.24. The molecule has 116 valence electrons. The van der Waals surface area contributed by atoms with Crippen LogP contribution in [0.15, 0.2) is 48.1 Å². The van der Waals surface area contributed by atoms with Crippen LogP contribution in [0.25, 0.3) is 10.6 Å². The van der Waals surface area contributed by atoms with E-state index in [4.69, 9.17) is 11.6 Å². The Hall–Kier alpha value is -2.24. The van der Waals surface area contributed by atoms with Crippen LogP contribution in [-0.4, -0.2) is 15.9 Å². The van der Waals surface area contributed by atoms with Crippen LogP contribution in [0.5, 0.6) is 0 Å². The van der Waals surface area contributed by atoms with Gasteiger partial charge in [-0.2, -0.15) is 0 Å². The molecule has 4 nitrogen and oxygen atoms in total. The molecule has 0 saturated heterocycles. The van der Waals surface area contributed by atoms with Crippen molar-refractivity contribution in [2.75, 3.05) is 5.32 Å². The summed E-state index contributed by atoms with van der Waals surface area (Å²) in [7, 11) is 0. The Morgan fingerprint density at radius 3 is 3.00 bits per heavy atom. The summed E-state index contributed by atoms with van der Waals surface area (Å²) in [5.74, 6) is -0.113. The number of benzene rings is 1. The van der Waals surface area contributed by atoms with E-state index in [1.165, 1.54) is 11.3 Å². The largest absolute Gasteiger partial charge is 0.325 e. The Morgan fingerprint density at radius 2 is 2.22 bits per heavy atom. The van der Waals surface area contributed by atoms with Crippen LogP contribution in [0.1, 0.15) is 11.3 Å². The smallest absolute Gasteiger partial charge is 0.230 e. The summed E-state index contributed by atoms with van der Waals surface area (Å²) >= 11 is 7.47. The maximum absolute atomic E-state index is 12.2. The van der Waals surface area contributed by atoms with Gasteiger partial charge in [-0.1, -0.05) is 17.7 Å². The van der Waals surface area contributed by atoms with Crippen molar-refractivity contribution in [3.63, 3.8) is 0 Å². The number of carbonyl (C=O) groups excluding carboxylic acids is 1. The number of hydrogen-bond acceptors (Lipinski definition) is 4. The molecule has 3 aromatic rings. The van der Waals surface area contributed by atoms with E-state index in [2.05, 4.69) is 15.3 Å². The van der Waals surface area contributed by atoms with E-state index in [9.17, 15) is 4.79 Å². The first kappa shape index (κ1) is 15.6. The standard InChI is InChI=1S/C17H14ClN3OS/c1-11-4-5-13(18)7-15(11)21-16(22)8-14-10-23-17(20-14)12-3-2-6-19-9-12/h2-7,9-10H,8H2,1H3,(H,21,22). The lowest BCUT2D eigenvalue weighted by Crippen LogP contribution is -2.15. The van der Waals surface area contributed by atoms with Crippen molar-refractivity contribution in [2.45, 2.75) is 13.3 Å². The van der Waals surface area contributed by atoms with Gasteiger partial charge in [-0.15, -0.1) is 11.3 Å². The summed E-state index contributed by atoms with van der Waals surface area (Å²) in [6.45, 7) is 1.93. The number of pyridine rings is 1. The highest BCUT2D eigenvalue weighted by atomic mass is 35.5. The molecule has 2 heterocycles. The van der Waals surface area contributed by atoms with E-state index in [-0.39, 0.29) is 12.3 Å². The van der Waals surface area contributed by atoms with Crippen LogP contribution in [0.2, 0.25) is 5.02 Å². The number of halogens is 1. The maximum atomic E-state index is 12.2. The molecule has 1 N–H and O–H groups in total. The highest BCUT2D eigenvalue weighted by Crippen LogP contribution is 2.24. The number of hydrogen-bond donors (Lipinski definition) is 1. The molecule has 0 atom stereocenters. The second kappa shape index (κ2) is 6.89. The molecular formula is C17H14ClN3OS. The Bertz CT molecular complexity index is 833. The molecule has 3 rings (SSSR count). The first-order valence-electron chi connectivity index (χ1n) is 7.02. The summed E-state index contributed by atoms with van der Waals surface area (Å²) < 4.78 is 0. The normalized spacial score (nSPS) is 10.5. The lowest BCUT2D eigenvalue weighted by molar-refractivity contribution is -0.115. The van der Waals surface area contributed by atoms with Crippen molar-refractivity contribution in [1.82, 2.24) is 9.97 Å². The molecule has 1 amide bonds. The average molecular weight is 344 g/mol. The number of nitrogens with zero attached hydrogens (tertiary/aromatic N) is 2. The molecule has 6 heteroatoms. The van der Waals surface area contributed by atoms with Gasteiger partial charge in [-0.3, -0.25) is 9.78 Å². The van der Waals surface area contributed by atoms with Crippen molar-refractivity contribution < 1.29 is 4.79 Å². The van der Waals surface area contributed by atoms with Crippen molar-refractivity contribution in [1.29, 1.82) is 0 Å². The Kier molecular flexibility index (Phi) is 4.69. The summed E-state index contributed by atoms with van der Waals surface area (Å²) in [6.07, 6.45) is 3.71. The van der Waals surface area contributed by atoms with Crippen molar-refractivity contribution in [2.24, 2.45) is 0 Å². The fourth-order valence-electron chi connectivity index (χ4n) is 2.10. The van der Waals surface area contributed by atoms with E-state index < -0.39 is 0 Å². The molecular weight excluding hydrogens is 330 g/mol. The Labute approximate surface area is 143 Å². The van der Waals surface area contributed by atoms with Gasteiger partial charge in [0.15, 0.2) is 0 Å². The lowest BCUT2D eigenvalue weighted by atomic mass is 10.2. The van der Waals surface area contributed by atoms with Crippen LogP contribution in [-0.2, 0) is 11.2 Å². The molecule has 0 spiro atoms. The molecule has 0 radical (unpaired) electrons. The van der Waals surface area contributed by atoms with Gasteiger partial charge < -0.3 is 5.32 Å². The molecule has 1 aromatic carbocycles. The minimum atomic E-state index is -0.113. The molecule has 0 aliphatic rings. The summed E-state index contributed by atoms with van der Waals surface area (Å²) in [5.41, 5.74) is 3.39. The number of rotatable bonds is 4. The van der Waals surface area contributed by atoms with Gasteiger partial charge in [0.05, 0.1) is 12.1 Å². The summed E-state index contributed by atoms with van der Waals surface area (Å²) in [5, 5.41) is 6.23. The molecule has 0 aliphatic carbocycles. The van der Waals surface area contributed by atoms with E-state index in [0.29, 0.717) is 5.02 Å². The van der Waals surface area contributed by atoms with Gasteiger partial charge in [-0.25, -0.2) is 4.98 Å². The maximum Gasteiger partial charge on any atom is 0.230 e. The zero-order valence-electron chi connectivity index (χ0n) is 12.4. The van der Waals surface area contributed by atoms with E-state index in [1.54, 1.807) is 24.5 Å². The molecule has 0 unspecified atom stereocenters. The SMILES string of the molecule is Cc1ccc(Cl)cc1NC(=O)Cc1csc(-c2cccnc2)n1. The highest BCUT2D eigenvalue weighted by Gasteiger charge is 2.10. The molecule has 0 saturated carbocycles. The van der Waals surface area contributed by atoms with Gasteiger partial charge in [-0.05, 0) is 36.8 Å². The topological polar surface area (TPSA) is 54.9 Å². The fourth-order valence-corrected chi connectivity index (χ4v) is 3.08.